The van der Waals surface area contributed by atoms with Crippen LogP contribution in [0, 0.1) is 0 Å². The molecule has 0 bridgehead atoms. The van der Waals surface area contributed by atoms with E-state index in [9.17, 15) is 4.79 Å². The smallest absolute Gasteiger partial charge is 0.431 e. The van der Waals surface area contributed by atoms with Gasteiger partial charge in [0.05, 0.1) is 0 Å². The van der Waals surface area contributed by atoms with Crippen LogP contribution in [0.5, 0.6) is 5.75 Å². The van der Waals surface area contributed by atoms with Crippen molar-refractivity contribution in [1.82, 2.24) is 0 Å². The average molecular weight is 250 g/mol. The first-order valence-corrected chi connectivity index (χ1v) is 6.63. The first kappa shape index (κ1) is 14.6. The Morgan fingerprint density at radius 2 is 1.89 bits per heavy atom. The van der Waals surface area contributed by atoms with E-state index in [2.05, 4.69) is 6.92 Å². The van der Waals surface area contributed by atoms with E-state index in [-0.39, 0.29) is 6.10 Å². The van der Waals surface area contributed by atoms with Crippen LogP contribution in [-0.2, 0) is 11.2 Å². The number of hydrogen-bond acceptors (Lipinski definition) is 3. The second kappa shape index (κ2) is 7.75. The van der Waals surface area contributed by atoms with E-state index in [0.717, 1.165) is 12.8 Å². The lowest BCUT2D eigenvalue weighted by Gasteiger charge is -2.10. The Morgan fingerprint density at radius 3 is 2.44 bits per heavy atom. The van der Waals surface area contributed by atoms with Crippen molar-refractivity contribution >= 4 is 6.16 Å². The molecule has 0 radical (unpaired) electrons. The number of hydrogen-bond donors (Lipinski definition) is 0. The molecule has 0 spiro atoms. The maximum Gasteiger partial charge on any atom is 0.514 e. The fraction of sp³-hybridized carbons (Fsp3) is 0.533. The minimum Gasteiger partial charge on any atom is -0.431 e. The van der Waals surface area contributed by atoms with Crippen molar-refractivity contribution in [3.05, 3.63) is 29.8 Å². The molecule has 0 aliphatic carbocycles. The van der Waals surface area contributed by atoms with Crippen molar-refractivity contribution in [2.45, 2.75) is 52.6 Å². The lowest BCUT2D eigenvalue weighted by molar-refractivity contribution is 0.0643. The zero-order valence-corrected chi connectivity index (χ0v) is 11.4. The van der Waals surface area contributed by atoms with Crippen LogP contribution in [0.2, 0.25) is 0 Å². The summed E-state index contributed by atoms with van der Waals surface area (Å²) in [4.78, 5) is 11.4. The molecule has 1 atom stereocenters. The summed E-state index contributed by atoms with van der Waals surface area (Å²) in [6, 6.07) is 7.59. The Hall–Kier alpha value is -1.51. The van der Waals surface area contributed by atoms with Gasteiger partial charge in [0, 0.05) is 0 Å². The molecule has 0 saturated carbocycles. The van der Waals surface area contributed by atoms with Crippen molar-refractivity contribution in [3.8, 4) is 5.75 Å². The van der Waals surface area contributed by atoms with E-state index in [1.54, 1.807) is 0 Å². The maximum absolute atomic E-state index is 11.4. The van der Waals surface area contributed by atoms with E-state index < -0.39 is 6.16 Å². The molecular weight excluding hydrogens is 228 g/mol. The van der Waals surface area contributed by atoms with Gasteiger partial charge in [-0.25, -0.2) is 4.79 Å². The third kappa shape index (κ3) is 5.21. The van der Waals surface area contributed by atoms with Crippen LogP contribution in [0.1, 0.15) is 45.6 Å². The Morgan fingerprint density at radius 1 is 1.22 bits per heavy atom. The molecule has 0 heterocycles. The van der Waals surface area contributed by atoms with Crippen molar-refractivity contribution in [3.63, 3.8) is 0 Å². The summed E-state index contributed by atoms with van der Waals surface area (Å²) in [7, 11) is 0. The molecule has 0 fully saturated rings. The monoisotopic (exact) mass is 250 g/mol. The van der Waals surface area contributed by atoms with Gasteiger partial charge in [-0.3, -0.25) is 0 Å². The number of rotatable bonds is 6. The van der Waals surface area contributed by atoms with Crippen LogP contribution in [0.25, 0.3) is 0 Å². The summed E-state index contributed by atoms with van der Waals surface area (Å²) in [5.74, 6) is 0.531. The Labute approximate surface area is 109 Å². The van der Waals surface area contributed by atoms with Gasteiger partial charge >= 0.3 is 6.16 Å². The molecule has 3 heteroatoms. The number of carbonyl (C=O) groups is 1. The molecule has 3 nitrogen and oxygen atoms in total. The standard InChI is InChI=1S/C15H22O3/c1-4-6-7-13-8-10-14(11-9-13)18-15(16)17-12(3)5-2/h8-12H,4-7H2,1-3H3. The lowest BCUT2D eigenvalue weighted by atomic mass is 10.1. The van der Waals surface area contributed by atoms with Gasteiger partial charge in [-0.05, 0) is 43.9 Å². The summed E-state index contributed by atoms with van der Waals surface area (Å²) in [6.45, 7) is 5.97. The molecule has 1 rings (SSSR count). The summed E-state index contributed by atoms with van der Waals surface area (Å²) < 4.78 is 10.1. The Kier molecular flexibility index (Phi) is 6.26. The van der Waals surface area contributed by atoms with Crippen molar-refractivity contribution in [2.75, 3.05) is 0 Å². The van der Waals surface area contributed by atoms with Crippen LogP contribution in [0.3, 0.4) is 0 Å². The lowest BCUT2D eigenvalue weighted by Crippen LogP contribution is -2.17. The van der Waals surface area contributed by atoms with Gasteiger partial charge in [0.1, 0.15) is 11.9 Å². The molecule has 1 unspecified atom stereocenters. The zero-order valence-electron chi connectivity index (χ0n) is 11.4. The largest absolute Gasteiger partial charge is 0.514 e. The molecule has 0 aliphatic heterocycles. The predicted octanol–water partition coefficient (Wildman–Crippen LogP) is 4.34. The summed E-state index contributed by atoms with van der Waals surface area (Å²) in [5, 5.41) is 0. The number of benzene rings is 1. The maximum atomic E-state index is 11.4. The average Bonchev–Trinajstić information content (AvgIpc) is 2.37. The van der Waals surface area contributed by atoms with Gasteiger partial charge in [-0.1, -0.05) is 32.4 Å². The summed E-state index contributed by atoms with van der Waals surface area (Å²) in [5.41, 5.74) is 1.26. The highest BCUT2D eigenvalue weighted by atomic mass is 16.7. The highest BCUT2D eigenvalue weighted by Crippen LogP contribution is 2.15. The first-order valence-electron chi connectivity index (χ1n) is 6.63. The minimum atomic E-state index is -0.634. The van der Waals surface area contributed by atoms with E-state index in [1.807, 2.05) is 38.1 Å². The van der Waals surface area contributed by atoms with Crippen LogP contribution < -0.4 is 4.74 Å². The predicted molar refractivity (Wildman–Crippen MR) is 71.9 cm³/mol. The minimum absolute atomic E-state index is 0.110. The zero-order chi connectivity index (χ0) is 13.4. The van der Waals surface area contributed by atoms with Gasteiger partial charge in [0.25, 0.3) is 0 Å². The molecule has 0 aliphatic rings. The molecule has 18 heavy (non-hydrogen) atoms. The van der Waals surface area contributed by atoms with Gasteiger partial charge in [-0.15, -0.1) is 0 Å². The van der Waals surface area contributed by atoms with Crippen LogP contribution in [-0.4, -0.2) is 12.3 Å². The van der Waals surface area contributed by atoms with Crippen molar-refractivity contribution in [1.29, 1.82) is 0 Å². The van der Waals surface area contributed by atoms with E-state index in [0.29, 0.717) is 5.75 Å². The quantitative estimate of drug-likeness (QED) is 0.556. The Balaban J connectivity index is 2.45. The SMILES string of the molecule is CCCCc1ccc(OC(=O)OC(C)CC)cc1. The van der Waals surface area contributed by atoms with E-state index in [4.69, 9.17) is 9.47 Å². The molecule has 0 N–H and O–H groups in total. The van der Waals surface area contributed by atoms with Crippen LogP contribution in [0.4, 0.5) is 4.79 Å². The van der Waals surface area contributed by atoms with E-state index >= 15 is 0 Å². The normalized spacial score (nSPS) is 11.9. The second-order valence-electron chi connectivity index (χ2n) is 4.44. The fourth-order valence-corrected chi connectivity index (χ4v) is 1.47. The van der Waals surface area contributed by atoms with Gasteiger partial charge in [0.2, 0.25) is 0 Å². The van der Waals surface area contributed by atoms with E-state index in [1.165, 1.54) is 18.4 Å². The van der Waals surface area contributed by atoms with Gasteiger partial charge in [0.15, 0.2) is 0 Å². The number of carbonyl (C=O) groups excluding carboxylic acids is 1. The highest BCUT2D eigenvalue weighted by molar-refractivity contribution is 5.63. The third-order valence-electron chi connectivity index (χ3n) is 2.82. The second-order valence-corrected chi connectivity index (χ2v) is 4.44. The summed E-state index contributed by atoms with van der Waals surface area (Å²) in [6.07, 6.45) is 3.46. The molecule has 0 aromatic heterocycles. The van der Waals surface area contributed by atoms with Crippen molar-refractivity contribution in [2.24, 2.45) is 0 Å². The van der Waals surface area contributed by atoms with Crippen LogP contribution in [0.15, 0.2) is 24.3 Å². The van der Waals surface area contributed by atoms with Crippen LogP contribution >= 0.6 is 0 Å². The number of unbranched alkanes of at least 4 members (excludes halogenated alkanes) is 1. The topological polar surface area (TPSA) is 35.5 Å². The summed E-state index contributed by atoms with van der Waals surface area (Å²) >= 11 is 0. The molecular formula is C15H22O3. The number of ether oxygens (including phenoxy) is 2. The molecule has 1 aromatic carbocycles. The van der Waals surface area contributed by atoms with Gasteiger partial charge in [-0.2, -0.15) is 0 Å². The van der Waals surface area contributed by atoms with Crippen molar-refractivity contribution < 1.29 is 14.3 Å². The fourth-order valence-electron chi connectivity index (χ4n) is 1.47. The molecule has 100 valence electrons. The molecule has 1 aromatic rings. The molecule has 0 amide bonds. The third-order valence-corrected chi connectivity index (χ3v) is 2.82. The highest BCUT2D eigenvalue weighted by Gasteiger charge is 2.09. The first-order chi connectivity index (χ1) is 8.65. The number of aryl methyl sites for hydroxylation is 1. The Bertz CT molecular complexity index is 357. The molecule has 0 saturated heterocycles. The van der Waals surface area contributed by atoms with Gasteiger partial charge < -0.3 is 9.47 Å².